The van der Waals surface area contributed by atoms with E-state index in [4.69, 9.17) is 9.47 Å². The molecule has 0 saturated carbocycles. The highest BCUT2D eigenvalue weighted by Crippen LogP contribution is 2.31. The zero-order valence-electron chi connectivity index (χ0n) is 13.1. The van der Waals surface area contributed by atoms with Gasteiger partial charge in [-0.2, -0.15) is 0 Å². The summed E-state index contributed by atoms with van der Waals surface area (Å²) in [6, 6.07) is 8.67. The maximum Gasteiger partial charge on any atom is 0.349 e. The number of rotatable bonds is 5. The highest BCUT2D eigenvalue weighted by atomic mass is 32.1. The van der Waals surface area contributed by atoms with Crippen LogP contribution in [0.2, 0.25) is 0 Å². The Labute approximate surface area is 139 Å². The molecule has 0 spiro atoms. The van der Waals surface area contributed by atoms with Crippen LogP contribution in [0.25, 0.3) is 0 Å². The fourth-order valence-corrected chi connectivity index (χ4v) is 3.83. The highest BCUT2D eigenvalue weighted by molar-refractivity contribution is 7.14. The Morgan fingerprint density at radius 1 is 1.17 bits per heavy atom. The van der Waals surface area contributed by atoms with E-state index in [2.05, 4.69) is 0 Å². The van der Waals surface area contributed by atoms with E-state index in [1.165, 1.54) is 21.8 Å². The lowest BCUT2D eigenvalue weighted by Crippen LogP contribution is -2.24. The third kappa shape index (κ3) is 3.29. The summed E-state index contributed by atoms with van der Waals surface area (Å²) in [5, 5.41) is 0. The first-order valence-electron chi connectivity index (χ1n) is 7.59. The van der Waals surface area contributed by atoms with Gasteiger partial charge < -0.3 is 9.47 Å². The van der Waals surface area contributed by atoms with Crippen molar-refractivity contribution in [1.29, 1.82) is 0 Å². The van der Waals surface area contributed by atoms with Gasteiger partial charge in [0.2, 0.25) is 5.78 Å². The van der Waals surface area contributed by atoms with Gasteiger partial charge in [0.25, 0.3) is 0 Å². The number of esters is 1. The monoisotopic (exact) mass is 330 g/mol. The van der Waals surface area contributed by atoms with Crippen molar-refractivity contribution >= 4 is 23.1 Å². The topological polar surface area (TPSA) is 52.6 Å². The predicted octanol–water partition coefficient (Wildman–Crippen LogP) is 3.67. The van der Waals surface area contributed by atoms with Gasteiger partial charge in [-0.05, 0) is 62.1 Å². The molecule has 2 aromatic rings. The highest BCUT2D eigenvalue weighted by Gasteiger charge is 2.24. The van der Waals surface area contributed by atoms with Crippen LogP contribution >= 0.6 is 11.3 Å². The molecule has 0 fully saturated rings. The molecule has 0 radical (unpaired) electrons. The van der Waals surface area contributed by atoms with Crippen molar-refractivity contribution in [1.82, 2.24) is 0 Å². The van der Waals surface area contributed by atoms with Crippen LogP contribution in [0.4, 0.5) is 0 Å². The molecule has 0 unspecified atom stereocenters. The standard InChI is InChI=1S/C18H18O4S/c1-11(17(19)12-6-8-14(21-2)9-7-12)22-18(20)16-10-13-4-3-5-15(13)23-16/h6-11H,3-5H2,1-2H3/t11-/m1/s1. The number of ketones is 1. The molecule has 0 bridgehead atoms. The van der Waals surface area contributed by atoms with Gasteiger partial charge in [0.1, 0.15) is 10.6 Å². The Hall–Kier alpha value is -2.14. The van der Waals surface area contributed by atoms with Gasteiger partial charge >= 0.3 is 5.97 Å². The minimum absolute atomic E-state index is 0.217. The number of Topliss-reactive ketones (excluding diaryl/α,β-unsaturated/α-hetero) is 1. The SMILES string of the molecule is COc1ccc(C(=O)[C@@H](C)OC(=O)c2cc3c(s2)CCC3)cc1. The largest absolute Gasteiger partial charge is 0.497 e. The summed E-state index contributed by atoms with van der Waals surface area (Å²) in [4.78, 5) is 26.4. The molecule has 3 rings (SSSR count). The number of hydrogen-bond donors (Lipinski definition) is 0. The van der Waals surface area contributed by atoms with Crippen LogP contribution in [0.15, 0.2) is 30.3 Å². The molecule has 1 aromatic heterocycles. The molecule has 1 aliphatic rings. The molecule has 23 heavy (non-hydrogen) atoms. The van der Waals surface area contributed by atoms with E-state index in [1.807, 2.05) is 6.07 Å². The maximum absolute atomic E-state index is 12.3. The maximum atomic E-state index is 12.3. The molecule has 1 heterocycles. The van der Waals surface area contributed by atoms with E-state index in [0.717, 1.165) is 19.3 Å². The van der Waals surface area contributed by atoms with Crippen molar-refractivity contribution in [2.24, 2.45) is 0 Å². The number of carbonyl (C=O) groups is 2. The Kier molecular flexibility index (Phi) is 4.48. The summed E-state index contributed by atoms with van der Waals surface area (Å²) in [5.41, 5.74) is 1.75. The second kappa shape index (κ2) is 6.54. The predicted molar refractivity (Wildman–Crippen MR) is 88.5 cm³/mol. The zero-order chi connectivity index (χ0) is 16.4. The third-order valence-electron chi connectivity index (χ3n) is 3.98. The Balaban J connectivity index is 1.66. The smallest absolute Gasteiger partial charge is 0.349 e. The quantitative estimate of drug-likeness (QED) is 0.620. The number of aryl methyl sites for hydroxylation is 2. The normalized spacial score (nSPS) is 14.2. The molecule has 4 nitrogen and oxygen atoms in total. The molecular formula is C18H18O4S. The number of thiophene rings is 1. The van der Waals surface area contributed by atoms with Crippen molar-refractivity contribution in [2.45, 2.75) is 32.3 Å². The molecule has 5 heteroatoms. The Morgan fingerprint density at radius 3 is 2.57 bits per heavy atom. The second-order valence-electron chi connectivity index (χ2n) is 5.55. The molecule has 0 amide bonds. The molecule has 0 saturated heterocycles. The number of hydrogen-bond acceptors (Lipinski definition) is 5. The fraction of sp³-hybridized carbons (Fsp3) is 0.333. The lowest BCUT2D eigenvalue weighted by Gasteiger charge is -2.12. The molecule has 0 aliphatic heterocycles. The Bertz CT molecular complexity index is 708. The van der Waals surface area contributed by atoms with Crippen LogP contribution in [0, 0.1) is 0 Å². The number of methoxy groups -OCH3 is 1. The van der Waals surface area contributed by atoms with Crippen LogP contribution in [0.5, 0.6) is 5.75 Å². The van der Waals surface area contributed by atoms with Crippen molar-refractivity contribution < 1.29 is 19.1 Å². The minimum atomic E-state index is -0.812. The van der Waals surface area contributed by atoms with Gasteiger partial charge in [-0.25, -0.2) is 4.79 Å². The zero-order valence-corrected chi connectivity index (χ0v) is 13.9. The summed E-state index contributed by atoms with van der Waals surface area (Å²) >= 11 is 1.48. The average Bonchev–Trinajstić information content (AvgIpc) is 3.15. The first-order valence-corrected chi connectivity index (χ1v) is 8.41. The molecule has 1 atom stereocenters. The molecule has 1 aliphatic carbocycles. The first kappa shape index (κ1) is 15.7. The van der Waals surface area contributed by atoms with E-state index >= 15 is 0 Å². The van der Waals surface area contributed by atoms with Gasteiger partial charge in [0.15, 0.2) is 6.10 Å². The van der Waals surface area contributed by atoms with E-state index in [9.17, 15) is 9.59 Å². The third-order valence-corrected chi connectivity index (χ3v) is 5.19. The first-order chi connectivity index (χ1) is 11.1. The van der Waals surface area contributed by atoms with Crippen molar-refractivity contribution in [3.63, 3.8) is 0 Å². The van der Waals surface area contributed by atoms with Crippen LogP contribution in [-0.4, -0.2) is 25.0 Å². The van der Waals surface area contributed by atoms with Gasteiger partial charge in [-0.15, -0.1) is 11.3 Å². The van der Waals surface area contributed by atoms with Crippen molar-refractivity contribution in [2.75, 3.05) is 7.11 Å². The summed E-state index contributed by atoms with van der Waals surface area (Å²) in [7, 11) is 1.57. The number of carbonyl (C=O) groups excluding carboxylic acids is 2. The summed E-state index contributed by atoms with van der Waals surface area (Å²) in [6.45, 7) is 1.60. The minimum Gasteiger partial charge on any atom is -0.497 e. The summed E-state index contributed by atoms with van der Waals surface area (Å²) in [6.07, 6.45) is 2.41. The fourth-order valence-electron chi connectivity index (χ4n) is 2.69. The van der Waals surface area contributed by atoms with Crippen LogP contribution in [0.1, 0.15) is 43.8 Å². The Morgan fingerprint density at radius 2 is 1.91 bits per heavy atom. The van der Waals surface area contributed by atoms with E-state index in [0.29, 0.717) is 16.2 Å². The summed E-state index contributed by atoms with van der Waals surface area (Å²) < 4.78 is 10.4. The van der Waals surface area contributed by atoms with Crippen LogP contribution in [-0.2, 0) is 17.6 Å². The second-order valence-corrected chi connectivity index (χ2v) is 6.69. The lowest BCUT2D eigenvalue weighted by molar-refractivity contribution is 0.0323. The van der Waals surface area contributed by atoms with E-state index in [1.54, 1.807) is 38.3 Å². The molecule has 0 N–H and O–H groups in total. The van der Waals surface area contributed by atoms with Gasteiger partial charge in [-0.3, -0.25) is 4.79 Å². The van der Waals surface area contributed by atoms with Gasteiger partial charge in [-0.1, -0.05) is 0 Å². The molecule has 1 aromatic carbocycles. The van der Waals surface area contributed by atoms with Gasteiger partial charge in [0, 0.05) is 10.4 Å². The lowest BCUT2D eigenvalue weighted by atomic mass is 10.1. The summed E-state index contributed by atoms with van der Waals surface area (Å²) in [5.74, 6) is 0.0446. The average molecular weight is 330 g/mol. The van der Waals surface area contributed by atoms with E-state index in [-0.39, 0.29) is 5.78 Å². The van der Waals surface area contributed by atoms with Gasteiger partial charge in [0.05, 0.1) is 7.11 Å². The van der Waals surface area contributed by atoms with E-state index < -0.39 is 12.1 Å². The van der Waals surface area contributed by atoms with Crippen molar-refractivity contribution in [3.8, 4) is 5.75 Å². The number of benzene rings is 1. The van der Waals surface area contributed by atoms with Crippen LogP contribution < -0.4 is 4.74 Å². The van der Waals surface area contributed by atoms with Crippen molar-refractivity contribution in [3.05, 3.63) is 51.2 Å². The molecule has 120 valence electrons. The number of ether oxygens (including phenoxy) is 2. The molecular weight excluding hydrogens is 312 g/mol. The number of fused-ring (bicyclic) bond motifs is 1. The van der Waals surface area contributed by atoms with Crippen LogP contribution in [0.3, 0.4) is 0 Å².